The van der Waals surface area contributed by atoms with Crippen LogP contribution < -0.4 is 4.74 Å². The summed E-state index contributed by atoms with van der Waals surface area (Å²) in [5.41, 5.74) is 3.43. The average Bonchev–Trinajstić information content (AvgIpc) is 3.25. The van der Waals surface area contributed by atoms with Crippen LogP contribution in [0, 0.1) is 10.1 Å². The molecule has 8 heteroatoms. The first-order chi connectivity index (χ1) is 18.2. The molecule has 1 heterocycles. The van der Waals surface area contributed by atoms with E-state index in [1.807, 2.05) is 18.2 Å². The molecule has 1 aliphatic rings. The molecule has 0 aliphatic heterocycles. The van der Waals surface area contributed by atoms with Gasteiger partial charge in [0.25, 0.3) is 5.69 Å². The topological polar surface area (TPSA) is 80.8 Å². The van der Waals surface area contributed by atoms with Crippen LogP contribution in [0.3, 0.4) is 0 Å². The van der Waals surface area contributed by atoms with Crippen molar-refractivity contribution in [3.8, 4) is 5.75 Å². The van der Waals surface area contributed by atoms with E-state index in [-0.39, 0.29) is 16.4 Å². The molecule has 0 amide bonds. The minimum Gasteiger partial charge on any atom is -0.492 e. The Morgan fingerprint density at radius 1 is 0.947 bits per heavy atom. The molecule has 2 aromatic carbocycles. The first-order valence-electron chi connectivity index (χ1n) is 13.8. The quantitative estimate of drug-likeness (QED) is 0.232. The summed E-state index contributed by atoms with van der Waals surface area (Å²) in [4.78, 5) is 29.9. The second-order valence-corrected chi connectivity index (χ2v) is 10.4. The first-order valence-corrected chi connectivity index (χ1v) is 13.8. The third-order valence-corrected chi connectivity index (χ3v) is 8.09. The summed E-state index contributed by atoms with van der Waals surface area (Å²) in [5, 5.41) is 12.4. The van der Waals surface area contributed by atoms with Gasteiger partial charge in [-0.2, -0.15) is 0 Å². The molecule has 0 saturated carbocycles. The molecule has 0 fully saturated rings. The molecule has 0 bridgehead atoms. The van der Waals surface area contributed by atoms with E-state index >= 15 is 0 Å². The zero-order valence-electron chi connectivity index (χ0n) is 23.5. The molecule has 8 nitrogen and oxygen atoms in total. The maximum absolute atomic E-state index is 14.0. The number of benzene rings is 2. The molecule has 38 heavy (non-hydrogen) atoms. The lowest BCUT2D eigenvalue weighted by Crippen LogP contribution is -2.34. The van der Waals surface area contributed by atoms with Crippen LogP contribution in [0.1, 0.15) is 68.7 Å². The predicted molar refractivity (Wildman–Crippen MR) is 152 cm³/mol. The van der Waals surface area contributed by atoms with Gasteiger partial charge in [0.15, 0.2) is 5.78 Å². The van der Waals surface area contributed by atoms with Gasteiger partial charge >= 0.3 is 0 Å². The molecular formula is C30H40N4O4. The SMILES string of the molecule is CCN(CC)CCOc1ccc2c(c1)C(C)(C)c1c(c3ccc([N+](=O)[O-])cc3n1CCN(CC)CC)C2=O. The molecular weight excluding hydrogens is 480 g/mol. The van der Waals surface area contributed by atoms with Crippen LogP contribution >= 0.6 is 0 Å². The lowest BCUT2D eigenvalue weighted by molar-refractivity contribution is -0.384. The highest BCUT2D eigenvalue weighted by Crippen LogP contribution is 2.46. The molecule has 1 aromatic heterocycles. The zero-order chi connectivity index (χ0) is 27.6. The lowest BCUT2D eigenvalue weighted by Gasteiger charge is -2.35. The number of aromatic nitrogens is 1. The van der Waals surface area contributed by atoms with Crippen molar-refractivity contribution in [3.05, 3.63) is 68.9 Å². The van der Waals surface area contributed by atoms with E-state index in [2.05, 4.69) is 55.9 Å². The van der Waals surface area contributed by atoms with Crippen LogP contribution in [0.2, 0.25) is 0 Å². The maximum atomic E-state index is 14.0. The fraction of sp³-hybridized carbons (Fsp3) is 0.500. The number of nitro benzene ring substituents is 1. The molecule has 0 atom stereocenters. The van der Waals surface area contributed by atoms with E-state index in [1.165, 1.54) is 6.07 Å². The third kappa shape index (κ3) is 4.95. The number of nitrogens with zero attached hydrogens (tertiary/aromatic N) is 4. The molecule has 0 saturated heterocycles. The summed E-state index contributed by atoms with van der Waals surface area (Å²) in [6.45, 7) is 19.4. The van der Waals surface area contributed by atoms with Gasteiger partial charge in [-0.15, -0.1) is 0 Å². The van der Waals surface area contributed by atoms with E-state index in [0.29, 0.717) is 24.3 Å². The van der Waals surface area contributed by atoms with Crippen molar-refractivity contribution in [1.82, 2.24) is 14.4 Å². The summed E-state index contributed by atoms with van der Waals surface area (Å²) in [5.74, 6) is 0.714. The number of fused-ring (bicyclic) bond motifs is 4. The molecule has 0 spiro atoms. The number of rotatable bonds is 12. The van der Waals surface area contributed by atoms with E-state index in [4.69, 9.17) is 4.74 Å². The van der Waals surface area contributed by atoms with Crippen LogP contribution in [-0.4, -0.2) is 70.9 Å². The van der Waals surface area contributed by atoms with Crippen molar-refractivity contribution < 1.29 is 14.5 Å². The molecule has 0 unspecified atom stereocenters. The second-order valence-electron chi connectivity index (χ2n) is 10.4. The first kappa shape index (κ1) is 27.8. The van der Waals surface area contributed by atoms with Gasteiger partial charge in [0.1, 0.15) is 12.4 Å². The normalized spacial score (nSPS) is 14.3. The van der Waals surface area contributed by atoms with Gasteiger partial charge in [-0.05, 0) is 56.0 Å². The number of likely N-dealkylation sites (N-methyl/N-ethyl adjacent to an activating group) is 2. The molecule has 0 radical (unpaired) electrons. The van der Waals surface area contributed by atoms with Crippen molar-refractivity contribution in [2.24, 2.45) is 0 Å². The Morgan fingerprint density at radius 3 is 2.24 bits per heavy atom. The molecule has 0 N–H and O–H groups in total. The van der Waals surface area contributed by atoms with Crippen molar-refractivity contribution in [3.63, 3.8) is 0 Å². The van der Waals surface area contributed by atoms with E-state index in [1.54, 1.807) is 12.1 Å². The highest BCUT2D eigenvalue weighted by molar-refractivity contribution is 6.20. The molecule has 4 rings (SSSR count). The van der Waals surface area contributed by atoms with Gasteiger partial charge in [-0.1, -0.05) is 41.5 Å². The smallest absolute Gasteiger partial charge is 0.271 e. The molecule has 3 aromatic rings. The Bertz CT molecular complexity index is 1340. The van der Waals surface area contributed by atoms with Gasteiger partial charge < -0.3 is 19.1 Å². The monoisotopic (exact) mass is 520 g/mol. The number of hydrogen-bond donors (Lipinski definition) is 0. The Hall–Kier alpha value is -3.23. The number of nitro groups is 1. The Balaban J connectivity index is 1.82. The lowest BCUT2D eigenvalue weighted by atomic mass is 9.71. The van der Waals surface area contributed by atoms with E-state index in [9.17, 15) is 14.9 Å². The van der Waals surface area contributed by atoms with Gasteiger partial charge in [0.2, 0.25) is 0 Å². The second kappa shape index (κ2) is 11.3. The number of hydrogen-bond acceptors (Lipinski definition) is 6. The molecule has 204 valence electrons. The van der Waals surface area contributed by atoms with Crippen molar-refractivity contribution in [2.45, 2.75) is 53.5 Å². The number of ketones is 1. The number of carbonyl (C=O) groups excluding carboxylic acids is 1. The van der Waals surface area contributed by atoms with Crippen LogP contribution in [0.4, 0.5) is 5.69 Å². The Labute approximate surface area is 225 Å². The van der Waals surface area contributed by atoms with E-state index < -0.39 is 5.41 Å². The fourth-order valence-corrected chi connectivity index (χ4v) is 5.77. The highest BCUT2D eigenvalue weighted by Gasteiger charge is 2.42. The third-order valence-electron chi connectivity index (χ3n) is 8.09. The number of non-ortho nitro benzene ring substituents is 1. The zero-order valence-corrected chi connectivity index (χ0v) is 23.5. The van der Waals surface area contributed by atoms with Crippen molar-refractivity contribution in [2.75, 3.05) is 45.9 Å². The minimum atomic E-state index is -0.506. The van der Waals surface area contributed by atoms with Gasteiger partial charge in [0.05, 0.1) is 16.0 Å². The fourth-order valence-electron chi connectivity index (χ4n) is 5.77. The Kier molecular flexibility index (Phi) is 8.23. The summed E-state index contributed by atoms with van der Waals surface area (Å²) in [7, 11) is 0. The summed E-state index contributed by atoms with van der Waals surface area (Å²) < 4.78 is 8.26. The van der Waals surface area contributed by atoms with Crippen LogP contribution in [0.25, 0.3) is 10.9 Å². The number of carbonyl (C=O) groups is 1. The average molecular weight is 521 g/mol. The molecule has 1 aliphatic carbocycles. The van der Waals surface area contributed by atoms with Crippen LogP contribution in [-0.2, 0) is 12.0 Å². The van der Waals surface area contributed by atoms with Crippen LogP contribution in [0.5, 0.6) is 5.75 Å². The highest BCUT2D eigenvalue weighted by atomic mass is 16.6. The predicted octanol–water partition coefficient (Wildman–Crippen LogP) is 5.48. The summed E-state index contributed by atoms with van der Waals surface area (Å²) >= 11 is 0. The van der Waals surface area contributed by atoms with Gasteiger partial charge in [-0.3, -0.25) is 14.9 Å². The van der Waals surface area contributed by atoms with E-state index in [0.717, 1.165) is 67.2 Å². The van der Waals surface area contributed by atoms with Gasteiger partial charge in [-0.25, -0.2) is 0 Å². The van der Waals surface area contributed by atoms with Crippen LogP contribution in [0.15, 0.2) is 36.4 Å². The van der Waals surface area contributed by atoms with Crippen molar-refractivity contribution in [1.29, 1.82) is 0 Å². The van der Waals surface area contributed by atoms with Crippen molar-refractivity contribution >= 4 is 22.4 Å². The summed E-state index contributed by atoms with van der Waals surface area (Å²) in [6.07, 6.45) is 0. The number of ether oxygens (including phenoxy) is 1. The largest absolute Gasteiger partial charge is 0.492 e. The van der Waals surface area contributed by atoms with Gasteiger partial charge in [0, 0.05) is 53.8 Å². The standard InChI is InChI=1S/C30H40N4O4/c1-7-31(8-2)15-16-33-26-19-21(34(36)37)11-13-24(26)27-28(35)23-14-12-22(38-18-17-32(9-3)10-4)20-25(23)30(5,6)29(27)33/h11-14,19-20H,7-10,15-18H2,1-6H3. The maximum Gasteiger partial charge on any atom is 0.271 e. The summed E-state index contributed by atoms with van der Waals surface area (Å²) in [6, 6.07) is 10.6. The Morgan fingerprint density at radius 2 is 1.61 bits per heavy atom. The minimum absolute atomic E-state index is 0.0306.